The number of benzene rings is 3. The Hall–Kier alpha value is -8.24. The lowest BCUT2D eigenvalue weighted by molar-refractivity contribution is -0.140. The number of rotatable bonds is 21. The van der Waals surface area contributed by atoms with Crippen molar-refractivity contribution in [1.29, 1.82) is 5.26 Å². The van der Waals surface area contributed by atoms with Crippen LogP contribution in [-0.4, -0.2) is 214 Å². The predicted octanol–water partition coefficient (Wildman–Crippen LogP) is 3.44. The molecule has 8 rings (SSSR count). The number of fused-ring (bicyclic) bond motifs is 2. The van der Waals surface area contributed by atoms with Crippen LogP contribution in [0.3, 0.4) is 0 Å². The molecule has 440 valence electrons. The molecule has 1 aliphatic carbocycles. The number of hydrogen-bond acceptors (Lipinski definition) is 15. The average molecular weight is 1150 g/mol. The van der Waals surface area contributed by atoms with Crippen molar-refractivity contribution in [2.24, 2.45) is 11.8 Å². The van der Waals surface area contributed by atoms with Gasteiger partial charge >= 0.3 is 17.9 Å². The summed E-state index contributed by atoms with van der Waals surface area (Å²) in [6.45, 7) is 0.640. The highest BCUT2D eigenvalue weighted by Gasteiger charge is 2.47. The van der Waals surface area contributed by atoms with Gasteiger partial charge < -0.3 is 40.9 Å². The quantitative estimate of drug-likeness (QED) is 0.0613. The Morgan fingerprint density at radius 1 is 0.711 bits per heavy atom. The molecule has 83 heavy (non-hydrogen) atoms. The number of carbonyl (C=O) groups is 7. The van der Waals surface area contributed by atoms with Crippen LogP contribution in [-0.2, 0) is 35.2 Å². The van der Waals surface area contributed by atoms with Crippen molar-refractivity contribution in [2.45, 2.75) is 56.5 Å². The monoisotopic (exact) mass is 1150 g/mol. The van der Waals surface area contributed by atoms with Gasteiger partial charge in [0.25, 0.3) is 11.8 Å². The molecule has 2 atom stereocenters. The highest BCUT2D eigenvalue weighted by molar-refractivity contribution is 6.07. The second-order valence-electron chi connectivity index (χ2n) is 21.6. The van der Waals surface area contributed by atoms with E-state index >= 15 is 0 Å². The first kappa shape index (κ1) is 60.8. The lowest BCUT2D eigenvalue weighted by Crippen LogP contribution is -2.50. The fraction of sp³-hybridized carbons (Fsp3) is 0.458. The van der Waals surface area contributed by atoms with Gasteiger partial charge in [-0.2, -0.15) is 5.26 Å². The third kappa shape index (κ3) is 17.9. The van der Waals surface area contributed by atoms with Crippen molar-refractivity contribution in [1.82, 2.24) is 50.4 Å². The molecule has 2 aromatic heterocycles. The van der Waals surface area contributed by atoms with Gasteiger partial charge in [-0.1, -0.05) is 36.4 Å². The second kappa shape index (κ2) is 28.6. The number of aromatic nitrogens is 2. The minimum absolute atomic E-state index is 0.00782. The number of nitrogens with one attached hydrogen (secondary N) is 3. The van der Waals surface area contributed by atoms with Gasteiger partial charge in [0.2, 0.25) is 17.7 Å². The van der Waals surface area contributed by atoms with E-state index in [0.29, 0.717) is 81.5 Å². The summed E-state index contributed by atoms with van der Waals surface area (Å²) in [5, 5.41) is 49.3. The highest BCUT2D eigenvalue weighted by Crippen LogP contribution is 2.33. The molecule has 6 N–H and O–H groups in total. The van der Waals surface area contributed by atoms with E-state index in [4.69, 9.17) is 4.74 Å². The average Bonchev–Trinajstić information content (AvgIpc) is 3.96. The van der Waals surface area contributed by atoms with Crippen molar-refractivity contribution in [3.8, 4) is 22.9 Å². The standard InChI is InChI=1S/C59H69F2N11O11/c60-59(61)28-47(29-62)72(38-59)53(74)32-66-58(82)49-14-16-64-51-12-9-43(27-50(49)51)41-7-10-48(11-8-41)83-37-46(26-40-3-6-45-31-63-15-13-44(45)25-40)67-57(81)42-4-1-39(2-5-42)30-65-52(73)33-68-17-19-69(34-54(75)76)21-23-71(36-56(79)80)24-22-70(20-18-68)35-55(77)78/h3,6-16,25,27,31,39,42,46-47H,1-2,4-5,17-24,26,28,30,32-38H2,(H,65,73)(H,66,82)(H,67,81)(H,75,76)(H,77,78)(H,79,80)/t39?,42?,46-,47+/m1/s1. The number of hydrogen-bond donors (Lipinski definition) is 6. The summed E-state index contributed by atoms with van der Waals surface area (Å²) in [5.74, 6) is -7.59. The van der Waals surface area contributed by atoms with Gasteiger partial charge in [0, 0.05) is 101 Å². The van der Waals surface area contributed by atoms with Crippen LogP contribution >= 0.6 is 0 Å². The molecule has 1 saturated carbocycles. The van der Waals surface area contributed by atoms with Crippen molar-refractivity contribution in [3.05, 3.63) is 103 Å². The van der Waals surface area contributed by atoms with Crippen LogP contribution in [0.2, 0.25) is 0 Å². The molecule has 3 aliphatic rings. The summed E-state index contributed by atoms with van der Waals surface area (Å²) in [7, 11) is 0. The minimum Gasteiger partial charge on any atom is -0.491 e. The van der Waals surface area contributed by atoms with Crippen LogP contribution in [0.4, 0.5) is 8.78 Å². The third-order valence-corrected chi connectivity index (χ3v) is 15.5. The molecular weight excluding hydrogens is 1080 g/mol. The first-order valence-electron chi connectivity index (χ1n) is 27.8. The van der Waals surface area contributed by atoms with Crippen LogP contribution in [0.1, 0.15) is 48.0 Å². The van der Waals surface area contributed by atoms with E-state index in [-0.39, 0.29) is 88.2 Å². The SMILES string of the molecule is N#C[C@@H]1CC(F)(F)CN1C(=O)CNC(=O)c1ccnc2ccc(-c3ccc(OC[C@@H](Cc4ccc5cnccc5c4)NC(=O)C4CCC(CNC(=O)CN5CCN(CC(=O)O)CCN(CC(=O)O)CCN(CC(=O)O)CC5)CC4)cc3)cc12. The zero-order valence-electron chi connectivity index (χ0n) is 46.0. The number of amides is 4. The Morgan fingerprint density at radius 2 is 1.33 bits per heavy atom. The van der Waals surface area contributed by atoms with E-state index in [9.17, 15) is 62.9 Å². The molecule has 0 radical (unpaired) electrons. The molecular formula is C59H69F2N11O11. The van der Waals surface area contributed by atoms with Crippen LogP contribution in [0.25, 0.3) is 32.8 Å². The summed E-state index contributed by atoms with van der Waals surface area (Å²) in [5.41, 5.74) is 3.28. The minimum atomic E-state index is -3.19. The topological polar surface area (TPSA) is 291 Å². The van der Waals surface area contributed by atoms with Crippen molar-refractivity contribution < 1.29 is 62.4 Å². The maximum atomic E-state index is 14.1. The molecule has 3 fully saturated rings. The third-order valence-electron chi connectivity index (χ3n) is 15.5. The maximum Gasteiger partial charge on any atom is 0.317 e. The molecule has 0 bridgehead atoms. The Labute approximate surface area is 478 Å². The lowest BCUT2D eigenvalue weighted by atomic mass is 9.81. The molecule has 4 heterocycles. The van der Waals surface area contributed by atoms with Crippen molar-refractivity contribution in [2.75, 3.05) is 105 Å². The number of nitrogens with zero attached hydrogens (tertiary/aromatic N) is 8. The fourth-order valence-electron chi connectivity index (χ4n) is 11.0. The van der Waals surface area contributed by atoms with E-state index in [2.05, 4.69) is 32.0 Å². The molecule has 0 unspecified atom stereocenters. The molecule has 0 spiro atoms. The van der Waals surface area contributed by atoms with Crippen LogP contribution < -0.4 is 20.7 Å². The Kier molecular flexibility index (Phi) is 21.0. The molecule has 24 heteroatoms. The number of halogens is 2. The zero-order valence-corrected chi connectivity index (χ0v) is 46.0. The van der Waals surface area contributed by atoms with Gasteiger partial charge in [0.05, 0.1) is 62.5 Å². The van der Waals surface area contributed by atoms with E-state index in [1.165, 1.54) is 12.3 Å². The molecule has 4 amide bonds. The summed E-state index contributed by atoms with van der Waals surface area (Å²) < 4.78 is 34.3. The van der Waals surface area contributed by atoms with E-state index in [1.54, 1.807) is 45.3 Å². The van der Waals surface area contributed by atoms with Gasteiger partial charge in [-0.15, -0.1) is 0 Å². The molecule has 5 aromatic rings. The molecule has 22 nitrogen and oxygen atoms in total. The Balaban J connectivity index is 0.853. The summed E-state index contributed by atoms with van der Waals surface area (Å²) >= 11 is 0. The Morgan fingerprint density at radius 3 is 1.94 bits per heavy atom. The fourth-order valence-corrected chi connectivity index (χ4v) is 11.0. The molecule has 3 aromatic carbocycles. The van der Waals surface area contributed by atoms with E-state index in [0.717, 1.165) is 32.4 Å². The van der Waals surface area contributed by atoms with Crippen molar-refractivity contribution in [3.63, 3.8) is 0 Å². The number of likely N-dealkylation sites (tertiary alicyclic amines) is 1. The van der Waals surface area contributed by atoms with Crippen LogP contribution in [0.15, 0.2) is 91.4 Å². The summed E-state index contributed by atoms with van der Waals surface area (Å²) in [6.07, 6.45) is 7.34. The molecule has 2 aliphatic heterocycles. The van der Waals surface area contributed by atoms with Gasteiger partial charge in [0.1, 0.15) is 18.4 Å². The zero-order chi connectivity index (χ0) is 59.0. The number of alkyl halides is 2. The lowest BCUT2D eigenvalue weighted by Gasteiger charge is -2.33. The second-order valence-corrected chi connectivity index (χ2v) is 21.6. The Bertz CT molecular complexity index is 3140. The maximum absolute atomic E-state index is 14.1. The number of nitriles is 1. The largest absolute Gasteiger partial charge is 0.491 e. The number of aliphatic carboxylic acids is 3. The highest BCUT2D eigenvalue weighted by atomic mass is 19.3. The van der Waals surface area contributed by atoms with Gasteiger partial charge in [-0.25, -0.2) is 8.78 Å². The van der Waals surface area contributed by atoms with E-state index < -0.39 is 67.2 Å². The van der Waals surface area contributed by atoms with Gasteiger partial charge in [-0.3, -0.25) is 63.1 Å². The summed E-state index contributed by atoms with van der Waals surface area (Å²) in [4.78, 5) is 105. The summed E-state index contributed by atoms with van der Waals surface area (Å²) in [6, 6.07) is 22.3. The number of carboxylic acids is 3. The normalized spacial score (nSPS) is 19.8. The van der Waals surface area contributed by atoms with Crippen LogP contribution in [0.5, 0.6) is 5.75 Å². The van der Waals surface area contributed by atoms with Gasteiger partial charge in [-0.05, 0) is 96.5 Å². The smallest absolute Gasteiger partial charge is 0.317 e. The van der Waals surface area contributed by atoms with Crippen LogP contribution in [0, 0.1) is 23.2 Å². The van der Waals surface area contributed by atoms with Crippen molar-refractivity contribution >= 4 is 63.2 Å². The predicted molar refractivity (Wildman–Crippen MR) is 300 cm³/mol. The molecule has 2 saturated heterocycles. The first-order chi connectivity index (χ1) is 39.9. The first-order valence-corrected chi connectivity index (χ1v) is 27.8. The van der Waals surface area contributed by atoms with E-state index in [1.807, 2.05) is 53.4 Å². The number of ether oxygens (including phenoxy) is 1. The number of carbonyl (C=O) groups excluding carboxylic acids is 4. The number of carboxylic acid groups (broad SMARTS) is 3. The van der Waals surface area contributed by atoms with Gasteiger partial charge in [0.15, 0.2) is 0 Å². The number of pyridine rings is 2.